The molecular formula is C10H17F3N2O2S. The number of hydrogen-bond donors (Lipinski definition) is 1. The SMILES string of the molecule is O=S1(=O)CCC(N2CCNCC2C(F)(F)F)CC1. The van der Waals surface area contributed by atoms with Crippen LogP contribution < -0.4 is 5.32 Å². The summed E-state index contributed by atoms with van der Waals surface area (Å²) in [7, 11) is -3.03. The molecular weight excluding hydrogens is 269 g/mol. The minimum absolute atomic E-state index is 0.00612. The molecule has 0 saturated carbocycles. The zero-order valence-electron chi connectivity index (χ0n) is 9.91. The van der Waals surface area contributed by atoms with Crippen LogP contribution in [0.3, 0.4) is 0 Å². The Morgan fingerprint density at radius 3 is 2.33 bits per heavy atom. The number of piperazine rings is 1. The normalized spacial score (nSPS) is 31.4. The molecule has 2 rings (SSSR count). The maximum atomic E-state index is 12.9. The Morgan fingerprint density at radius 1 is 1.17 bits per heavy atom. The Hall–Kier alpha value is -0.340. The van der Waals surface area contributed by atoms with E-state index in [1.54, 1.807) is 0 Å². The molecule has 0 aromatic rings. The number of halogens is 3. The molecule has 1 unspecified atom stereocenters. The van der Waals surface area contributed by atoms with E-state index in [1.165, 1.54) is 4.90 Å². The van der Waals surface area contributed by atoms with E-state index < -0.39 is 22.1 Å². The van der Waals surface area contributed by atoms with Gasteiger partial charge < -0.3 is 5.32 Å². The molecule has 1 N–H and O–H groups in total. The summed E-state index contributed by atoms with van der Waals surface area (Å²) in [5.74, 6) is 0.0122. The van der Waals surface area contributed by atoms with Crippen LogP contribution in [0.25, 0.3) is 0 Å². The van der Waals surface area contributed by atoms with Crippen LogP contribution in [0.4, 0.5) is 13.2 Å². The van der Waals surface area contributed by atoms with Crippen LogP contribution in [0, 0.1) is 0 Å². The molecule has 0 amide bonds. The maximum absolute atomic E-state index is 12.9. The van der Waals surface area contributed by atoms with Gasteiger partial charge in [-0.3, -0.25) is 4.90 Å². The minimum atomic E-state index is -4.26. The monoisotopic (exact) mass is 286 g/mol. The number of nitrogens with zero attached hydrogens (tertiary/aromatic N) is 1. The van der Waals surface area contributed by atoms with Crippen molar-refractivity contribution in [3.05, 3.63) is 0 Å². The van der Waals surface area contributed by atoms with Gasteiger partial charge in [-0.2, -0.15) is 13.2 Å². The molecule has 2 saturated heterocycles. The highest BCUT2D eigenvalue weighted by Crippen LogP contribution is 2.30. The van der Waals surface area contributed by atoms with E-state index in [0.717, 1.165) is 0 Å². The first-order valence-electron chi connectivity index (χ1n) is 6.03. The number of sulfone groups is 1. The van der Waals surface area contributed by atoms with Crippen molar-refractivity contribution in [2.45, 2.75) is 31.1 Å². The zero-order valence-corrected chi connectivity index (χ0v) is 10.7. The molecule has 18 heavy (non-hydrogen) atoms. The summed E-state index contributed by atoms with van der Waals surface area (Å²) in [6.07, 6.45) is -3.63. The van der Waals surface area contributed by atoms with Crippen molar-refractivity contribution in [2.75, 3.05) is 31.1 Å². The molecule has 0 bridgehead atoms. The molecule has 0 aliphatic carbocycles. The Labute approximate surface area is 104 Å². The second-order valence-corrected chi connectivity index (χ2v) is 7.19. The fraction of sp³-hybridized carbons (Fsp3) is 1.00. The van der Waals surface area contributed by atoms with Crippen LogP contribution >= 0.6 is 0 Å². The number of hydrogen-bond acceptors (Lipinski definition) is 4. The van der Waals surface area contributed by atoms with E-state index in [-0.39, 0.29) is 24.1 Å². The molecule has 8 heteroatoms. The van der Waals surface area contributed by atoms with Gasteiger partial charge in [0.1, 0.15) is 15.9 Å². The zero-order chi connectivity index (χ0) is 13.4. The summed E-state index contributed by atoms with van der Waals surface area (Å²) < 4.78 is 61.3. The number of alkyl halides is 3. The molecule has 0 radical (unpaired) electrons. The van der Waals surface area contributed by atoms with Crippen LogP contribution in [0.1, 0.15) is 12.8 Å². The number of nitrogens with one attached hydrogen (secondary N) is 1. The van der Waals surface area contributed by atoms with Crippen LogP contribution in [-0.2, 0) is 9.84 Å². The molecule has 2 fully saturated rings. The summed E-state index contributed by atoms with van der Waals surface area (Å²) in [4.78, 5) is 1.44. The summed E-state index contributed by atoms with van der Waals surface area (Å²) in [5.41, 5.74) is 0. The fourth-order valence-electron chi connectivity index (χ4n) is 2.67. The standard InChI is InChI=1S/C10H17F3N2O2S/c11-10(12,13)9-7-14-3-4-15(9)8-1-5-18(16,17)6-2-8/h8-9,14H,1-7H2. The third kappa shape index (κ3) is 3.16. The van der Waals surface area contributed by atoms with E-state index in [2.05, 4.69) is 5.32 Å². The Kier molecular flexibility index (Phi) is 3.89. The summed E-state index contributed by atoms with van der Waals surface area (Å²) >= 11 is 0. The van der Waals surface area contributed by atoms with Crippen LogP contribution in [0.2, 0.25) is 0 Å². The van der Waals surface area contributed by atoms with Gasteiger partial charge in [0.05, 0.1) is 11.5 Å². The molecule has 0 aromatic heterocycles. The average molecular weight is 286 g/mol. The largest absolute Gasteiger partial charge is 0.405 e. The van der Waals surface area contributed by atoms with Gasteiger partial charge in [-0.1, -0.05) is 0 Å². The highest BCUT2D eigenvalue weighted by atomic mass is 32.2. The van der Waals surface area contributed by atoms with Crippen molar-refractivity contribution in [3.8, 4) is 0 Å². The molecule has 2 heterocycles. The average Bonchev–Trinajstić information content (AvgIpc) is 2.28. The van der Waals surface area contributed by atoms with E-state index >= 15 is 0 Å². The van der Waals surface area contributed by atoms with Crippen LogP contribution in [0.15, 0.2) is 0 Å². The third-order valence-electron chi connectivity index (χ3n) is 3.66. The van der Waals surface area contributed by atoms with Crippen molar-refractivity contribution in [2.24, 2.45) is 0 Å². The van der Waals surface area contributed by atoms with Crippen molar-refractivity contribution in [1.82, 2.24) is 10.2 Å². The maximum Gasteiger partial charge on any atom is 0.405 e. The second kappa shape index (κ2) is 4.97. The summed E-state index contributed by atoms with van der Waals surface area (Å²) in [6.45, 7) is 0.747. The lowest BCUT2D eigenvalue weighted by Gasteiger charge is -2.43. The van der Waals surface area contributed by atoms with Crippen molar-refractivity contribution in [3.63, 3.8) is 0 Å². The smallest absolute Gasteiger partial charge is 0.314 e. The van der Waals surface area contributed by atoms with E-state index in [4.69, 9.17) is 0 Å². The van der Waals surface area contributed by atoms with Gasteiger partial charge in [0.2, 0.25) is 0 Å². The number of rotatable bonds is 1. The highest BCUT2D eigenvalue weighted by molar-refractivity contribution is 7.91. The predicted octanol–water partition coefficient (Wildman–Crippen LogP) is 0.400. The minimum Gasteiger partial charge on any atom is -0.314 e. The van der Waals surface area contributed by atoms with Gasteiger partial charge in [-0.05, 0) is 12.8 Å². The topological polar surface area (TPSA) is 49.4 Å². The second-order valence-electron chi connectivity index (χ2n) is 4.88. The highest BCUT2D eigenvalue weighted by Gasteiger charge is 2.47. The van der Waals surface area contributed by atoms with Gasteiger partial charge >= 0.3 is 6.18 Å². The first-order valence-corrected chi connectivity index (χ1v) is 7.85. The van der Waals surface area contributed by atoms with Crippen molar-refractivity contribution < 1.29 is 21.6 Å². The van der Waals surface area contributed by atoms with Crippen LogP contribution in [-0.4, -0.2) is 62.7 Å². The summed E-state index contributed by atoms with van der Waals surface area (Å²) in [5, 5.41) is 2.75. The molecule has 4 nitrogen and oxygen atoms in total. The molecule has 2 aliphatic heterocycles. The molecule has 0 spiro atoms. The lowest BCUT2D eigenvalue weighted by molar-refractivity contribution is -0.193. The Bertz CT molecular complexity index is 382. The third-order valence-corrected chi connectivity index (χ3v) is 5.37. The quantitative estimate of drug-likeness (QED) is 0.758. The fourth-order valence-corrected chi connectivity index (χ4v) is 4.14. The predicted molar refractivity (Wildman–Crippen MR) is 61.1 cm³/mol. The van der Waals surface area contributed by atoms with Crippen molar-refractivity contribution >= 4 is 9.84 Å². The molecule has 1 atom stereocenters. The summed E-state index contributed by atoms with van der Waals surface area (Å²) in [6, 6.07) is -1.75. The van der Waals surface area contributed by atoms with E-state index in [0.29, 0.717) is 25.9 Å². The van der Waals surface area contributed by atoms with Gasteiger partial charge in [-0.25, -0.2) is 8.42 Å². The van der Waals surface area contributed by atoms with Crippen molar-refractivity contribution in [1.29, 1.82) is 0 Å². The lowest BCUT2D eigenvalue weighted by Crippen LogP contribution is -2.61. The van der Waals surface area contributed by atoms with Gasteiger partial charge in [0, 0.05) is 25.7 Å². The van der Waals surface area contributed by atoms with E-state index in [9.17, 15) is 21.6 Å². The lowest BCUT2D eigenvalue weighted by atomic mass is 10.0. The van der Waals surface area contributed by atoms with E-state index in [1.807, 2.05) is 0 Å². The van der Waals surface area contributed by atoms with Gasteiger partial charge in [0.25, 0.3) is 0 Å². The van der Waals surface area contributed by atoms with Gasteiger partial charge in [0.15, 0.2) is 0 Å². The van der Waals surface area contributed by atoms with Gasteiger partial charge in [-0.15, -0.1) is 0 Å². The Morgan fingerprint density at radius 2 is 1.78 bits per heavy atom. The van der Waals surface area contributed by atoms with Crippen LogP contribution in [0.5, 0.6) is 0 Å². The Balaban J connectivity index is 2.06. The molecule has 0 aromatic carbocycles. The molecule has 2 aliphatic rings. The first-order chi connectivity index (χ1) is 8.30. The molecule has 106 valence electrons. The first kappa shape index (κ1) is 14.1.